The smallest absolute Gasteiger partial charge is 0.306 e. The molecule has 0 spiro atoms. The molecule has 1 saturated carbocycles. The van der Waals surface area contributed by atoms with Gasteiger partial charge in [0.25, 0.3) is 0 Å². The van der Waals surface area contributed by atoms with Gasteiger partial charge < -0.3 is 9.84 Å². The molecule has 0 bridgehead atoms. The number of hydrogen-bond donors (Lipinski definition) is 1. The Morgan fingerprint density at radius 1 is 1.05 bits per heavy atom. The molecule has 1 aliphatic carbocycles. The lowest BCUT2D eigenvalue weighted by atomic mass is 9.71. The van der Waals surface area contributed by atoms with Crippen LogP contribution in [0.15, 0.2) is 0 Å². The van der Waals surface area contributed by atoms with Gasteiger partial charge in [-0.2, -0.15) is 0 Å². The van der Waals surface area contributed by atoms with Crippen molar-refractivity contribution in [2.45, 2.75) is 84.7 Å². The van der Waals surface area contributed by atoms with Crippen molar-refractivity contribution < 1.29 is 19.4 Å². The second-order valence-electron chi connectivity index (χ2n) is 7.75. The Morgan fingerprint density at radius 3 is 2.10 bits per heavy atom. The van der Waals surface area contributed by atoms with Crippen molar-refractivity contribution in [3.63, 3.8) is 0 Å². The number of aliphatic carboxylic acids is 1. The zero-order valence-electron chi connectivity index (χ0n) is 13.9. The van der Waals surface area contributed by atoms with Gasteiger partial charge in [-0.15, -0.1) is 0 Å². The van der Waals surface area contributed by atoms with Crippen molar-refractivity contribution in [3.8, 4) is 0 Å². The normalized spacial score (nSPS) is 19.8. The minimum atomic E-state index is -0.956. The molecule has 4 heteroatoms. The highest BCUT2D eigenvalue weighted by molar-refractivity contribution is 5.76. The van der Waals surface area contributed by atoms with Gasteiger partial charge in [-0.3, -0.25) is 9.59 Å². The standard InChI is InChI=1S/C17H30O4/c1-16(2,3)12-17(4,13-8-6-5-7-9-13)21-15(20)11-10-14(18)19/h13H,5-12H2,1-4H3,(H,18,19). The van der Waals surface area contributed by atoms with Gasteiger partial charge in [0.05, 0.1) is 12.8 Å². The van der Waals surface area contributed by atoms with E-state index in [4.69, 9.17) is 9.84 Å². The van der Waals surface area contributed by atoms with Crippen molar-refractivity contribution >= 4 is 11.9 Å². The number of esters is 1. The lowest BCUT2D eigenvalue weighted by Crippen LogP contribution is -2.43. The highest BCUT2D eigenvalue weighted by Gasteiger charge is 2.41. The van der Waals surface area contributed by atoms with E-state index in [-0.39, 0.29) is 24.2 Å². The Balaban J connectivity index is 2.75. The zero-order chi connectivity index (χ0) is 16.1. The fourth-order valence-corrected chi connectivity index (χ4v) is 3.55. The molecular formula is C17H30O4. The first-order valence-electron chi connectivity index (χ1n) is 8.06. The average molecular weight is 298 g/mol. The monoisotopic (exact) mass is 298 g/mol. The van der Waals surface area contributed by atoms with E-state index in [1.54, 1.807) is 0 Å². The van der Waals surface area contributed by atoms with E-state index in [2.05, 4.69) is 20.8 Å². The molecule has 0 heterocycles. The predicted molar refractivity (Wildman–Crippen MR) is 82.0 cm³/mol. The fourth-order valence-electron chi connectivity index (χ4n) is 3.55. The summed E-state index contributed by atoms with van der Waals surface area (Å²) in [5, 5.41) is 8.69. The van der Waals surface area contributed by atoms with Crippen molar-refractivity contribution in [2.24, 2.45) is 11.3 Å². The van der Waals surface area contributed by atoms with Gasteiger partial charge >= 0.3 is 11.9 Å². The van der Waals surface area contributed by atoms with E-state index in [1.165, 1.54) is 19.3 Å². The molecule has 1 aliphatic rings. The molecule has 1 unspecified atom stereocenters. The van der Waals surface area contributed by atoms with Crippen LogP contribution in [0.25, 0.3) is 0 Å². The summed E-state index contributed by atoms with van der Waals surface area (Å²) in [4.78, 5) is 22.6. The third-order valence-electron chi connectivity index (χ3n) is 4.24. The number of ether oxygens (including phenoxy) is 1. The van der Waals surface area contributed by atoms with Gasteiger partial charge in [0.2, 0.25) is 0 Å². The molecule has 0 saturated heterocycles. The highest BCUT2D eigenvalue weighted by atomic mass is 16.6. The maximum Gasteiger partial charge on any atom is 0.306 e. The van der Waals surface area contributed by atoms with Crippen LogP contribution in [0.5, 0.6) is 0 Å². The van der Waals surface area contributed by atoms with Crippen LogP contribution < -0.4 is 0 Å². The minimum Gasteiger partial charge on any atom is -0.481 e. The summed E-state index contributed by atoms with van der Waals surface area (Å²) in [5.41, 5.74) is -0.409. The number of carbonyl (C=O) groups excluding carboxylic acids is 1. The summed E-state index contributed by atoms with van der Waals surface area (Å²) >= 11 is 0. The molecule has 0 aromatic rings. The highest BCUT2D eigenvalue weighted by Crippen LogP contribution is 2.42. The van der Waals surface area contributed by atoms with Crippen LogP contribution in [0.4, 0.5) is 0 Å². The summed E-state index contributed by atoms with van der Waals surface area (Å²) in [6, 6.07) is 0. The van der Waals surface area contributed by atoms with Gasteiger partial charge in [-0.1, -0.05) is 40.0 Å². The molecule has 0 amide bonds. The maximum absolute atomic E-state index is 12.0. The fraction of sp³-hybridized carbons (Fsp3) is 0.882. The molecule has 0 aliphatic heterocycles. The lowest BCUT2D eigenvalue weighted by molar-refractivity contribution is -0.171. The molecule has 1 N–H and O–H groups in total. The van der Waals surface area contributed by atoms with Crippen LogP contribution in [0.2, 0.25) is 0 Å². The number of carbonyl (C=O) groups is 2. The van der Waals surface area contributed by atoms with Crippen molar-refractivity contribution in [1.82, 2.24) is 0 Å². The van der Waals surface area contributed by atoms with E-state index in [0.29, 0.717) is 5.92 Å². The van der Waals surface area contributed by atoms with Crippen molar-refractivity contribution in [3.05, 3.63) is 0 Å². The van der Waals surface area contributed by atoms with Gasteiger partial charge in [-0.25, -0.2) is 0 Å². The quantitative estimate of drug-likeness (QED) is 0.747. The van der Waals surface area contributed by atoms with Crippen LogP contribution in [0.3, 0.4) is 0 Å². The Bertz CT molecular complexity index is 363. The van der Waals surface area contributed by atoms with Crippen LogP contribution in [-0.2, 0) is 14.3 Å². The van der Waals surface area contributed by atoms with E-state index in [0.717, 1.165) is 19.3 Å². The van der Waals surface area contributed by atoms with E-state index >= 15 is 0 Å². The average Bonchev–Trinajstić information content (AvgIpc) is 2.35. The second-order valence-corrected chi connectivity index (χ2v) is 7.75. The summed E-state index contributed by atoms with van der Waals surface area (Å²) in [7, 11) is 0. The maximum atomic E-state index is 12.0. The first-order valence-corrected chi connectivity index (χ1v) is 8.06. The zero-order valence-corrected chi connectivity index (χ0v) is 13.9. The Kier molecular flexibility index (Phi) is 6.24. The number of rotatable bonds is 6. The van der Waals surface area contributed by atoms with Gasteiger partial charge in [0, 0.05) is 0 Å². The van der Waals surface area contributed by atoms with Crippen molar-refractivity contribution in [2.75, 3.05) is 0 Å². The topological polar surface area (TPSA) is 63.6 Å². The van der Waals surface area contributed by atoms with Crippen molar-refractivity contribution in [1.29, 1.82) is 0 Å². The van der Waals surface area contributed by atoms with Crippen LogP contribution in [0, 0.1) is 11.3 Å². The third-order valence-corrected chi connectivity index (χ3v) is 4.24. The summed E-state index contributed by atoms with van der Waals surface area (Å²) in [6.07, 6.45) is 6.45. The Labute approximate surface area is 128 Å². The second kappa shape index (κ2) is 7.28. The molecule has 1 rings (SSSR count). The van der Waals surface area contributed by atoms with Crippen LogP contribution in [-0.4, -0.2) is 22.6 Å². The SMILES string of the molecule is CC(C)(C)CC(C)(OC(=O)CCC(=O)O)C1CCCCC1. The number of carboxylic acids is 1. The Hall–Kier alpha value is -1.06. The van der Waals surface area contributed by atoms with Gasteiger partial charge in [0.15, 0.2) is 0 Å². The molecule has 0 aromatic carbocycles. The summed E-state index contributed by atoms with van der Waals surface area (Å²) in [5.74, 6) is -0.948. The molecule has 1 fully saturated rings. The third kappa shape index (κ3) is 6.49. The molecule has 122 valence electrons. The Morgan fingerprint density at radius 2 is 1.62 bits per heavy atom. The summed E-state index contributed by atoms with van der Waals surface area (Å²) < 4.78 is 5.80. The number of hydrogen-bond acceptors (Lipinski definition) is 3. The first kappa shape index (κ1) is 18.0. The van der Waals surface area contributed by atoms with Gasteiger partial charge in [-0.05, 0) is 37.5 Å². The van der Waals surface area contributed by atoms with Crippen LogP contribution >= 0.6 is 0 Å². The van der Waals surface area contributed by atoms with Gasteiger partial charge in [0.1, 0.15) is 5.60 Å². The molecule has 0 radical (unpaired) electrons. The minimum absolute atomic E-state index is 0.0399. The van der Waals surface area contributed by atoms with E-state index < -0.39 is 11.6 Å². The molecule has 1 atom stereocenters. The lowest BCUT2D eigenvalue weighted by Gasteiger charge is -2.43. The molecular weight excluding hydrogens is 268 g/mol. The molecule has 21 heavy (non-hydrogen) atoms. The molecule has 4 nitrogen and oxygen atoms in total. The van der Waals surface area contributed by atoms with E-state index in [9.17, 15) is 9.59 Å². The predicted octanol–water partition coefficient (Wildman–Crippen LogP) is 4.17. The summed E-state index contributed by atoms with van der Waals surface area (Å²) in [6.45, 7) is 8.49. The largest absolute Gasteiger partial charge is 0.481 e. The first-order chi connectivity index (χ1) is 9.62. The van der Waals surface area contributed by atoms with E-state index in [1.807, 2.05) is 6.92 Å². The number of carboxylic acid groups (broad SMARTS) is 1. The molecule has 0 aromatic heterocycles. The van der Waals surface area contributed by atoms with Crippen LogP contribution in [0.1, 0.15) is 79.1 Å².